The van der Waals surface area contributed by atoms with Gasteiger partial charge in [-0.3, -0.25) is 4.57 Å². The molecule has 1 atom stereocenters. The van der Waals surface area contributed by atoms with Gasteiger partial charge in [-0.05, 0) is 58.6 Å². The summed E-state index contributed by atoms with van der Waals surface area (Å²) < 4.78 is 31.5. The molecular formula is C20H30N4O3S. The smallest absolute Gasteiger partial charge is 0.276 e. The molecule has 1 unspecified atom stereocenters. The molecule has 3 rings (SSSR count). The first kappa shape index (κ1) is 20.8. The first-order chi connectivity index (χ1) is 13.0. The Morgan fingerprint density at radius 3 is 2.32 bits per heavy atom. The molecular weight excluding hydrogens is 376 g/mol. The van der Waals surface area contributed by atoms with Gasteiger partial charge in [-0.15, -0.1) is 0 Å². The minimum absolute atomic E-state index is 0.0234. The molecule has 1 fully saturated rings. The van der Waals surface area contributed by atoms with Gasteiger partial charge in [0.15, 0.2) is 0 Å². The van der Waals surface area contributed by atoms with E-state index in [0.29, 0.717) is 23.8 Å². The molecule has 8 heteroatoms. The first-order valence-electron chi connectivity index (χ1n) is 9.77. The Bertz CT molecular complexity index is 1030. The zero-order valence-corrected chi connectivity index (χ0v) is 18.4. The fourth-order valence-corrected chi connectivity index (χ4v) is 6.27. The van der Waals surface area contributed by atoms with Crippen LogP contribution in [-0.4, -0.2) is 40.2 Å². The summed E-state index contributed by atoms with van der Waals surface area (Å²) in [6, 6.07) is 3.80. The average molecular weight is 407 g/mol. The van der Waals surface area contributed by atoms with E-state index in [0.717, 1.165) is 29.5 Å². The normalized spacial score (nSPS) is 18.8. The second kappa shape index (κ2) is 7.48. The monoisotopic (exact) mass is 406 g/mol. The van der Waals surface area contributed by atoms with Gasteiger partial charge in [-0.25, -0.2) is 17.9 Å². The zero-order valence-electron chi connectivity index (χ0n) is 17.6. The van der Waals surface area contributed by atoms with E-state index < -0.39 is 10.0 Å². The van der Waals surface area contributed by atoms with Gasteiger partial charge in [0.05, 0.1) is 4.90 Å². The van der Waals surface area contributed by atoms with Crippen molar-refractivity contribution in [1.29, 1.82) is 0 Å². The molecule has 1 aliphatic rings. The molecule has 1 aromatic carbocycles. The molecule has 0 N–H and O–H groups in total. The Morgan fingerprint density at radius 2 is 1.75 bits per heavy atom. The molecule has 28 heavy (non-hydrogen) atoms. The van der Waals surface area contributed by atoms with Gasteiger partial charge in [-0.1, -0.05) is 17.7 Å². The highest BCUT2D eigenvalue weighted by Crippen LogP contribution is 2.32. The van der Waals surface area contributed by atoms with Crippen LogP contribution < -0.4 is 5.69 Å². The Labute approximate surface area is 167 Å². The minimum atomic E-state index is -3.61. The summed E-state index contributed by atoms with van der Waals surface area (Å²) in [5.41, 5.74) is 2.45. The molecule has 0 amide bonds. The number of aryl methyl sites for hydroxylation is 4. The van der Waals surface area contributed by atoms with Crippen LogP contribution in [0, 0.1) is 20.8 Å². The first-order valence-corrected chi connectivity index (χ1v) is 11.2. The Hall–Kier alpha value is -1.93. The van der Waals surface area contributed by atoms with Crippen LogP contribution in [0.3, 0.4) is 0 Å². The minimum Gasteiger partial charge on any atom is -0.276 e. The van der Waals surface area contributed by atoms with Gasteiger partial charge in [0.25, 0.3) is 0 Å². The highest BCUT2D eigenvalue weighted by atomic mass is 32.2. The second-order valence-corrected chi connectivity index (χ2v) is 10.0. The standard InChI is InChI=1S/C20H30N4O3S/c1-13(2)24-19(21-22(6)20(24)25)17-8-7-9-23(12-17)28(26,27)18-15(4)10-14(3)11-16(18)5/h10-11,13,17H,7-9,12H2,1-6H3. The lowest BCUT2D eigenvalue weighted by Gasteiger charge is -2.32. The predicted molar refractivity (Wildman–Crippen MR) is 109 cm³/mol. The number of rotatable bonds is 4. The lowest BCUT2D eigenvalue weighted by Crippen LogP contribution is -2.40. The molecule has 0 saturated carbocycles. The summed E-state index contributed by atoms with van der Waals surface area (Å²) in [5, 5.41) is 4.44. The van der Waals surface area contributed by atoms with Crippen molar-refractivity contribution in [2.45, 2.75) is 64.3 Å². The molecule has 7 nitrogen and oxygen atoms in total. The highest BCUT2D eigenvalue weighted by molar-refractivity contribution is 7.89. The van der Waals surface area contributed by atoms with E-state index in [9.17, 15) is 13.2 Å². The third-order valence-electron chi connectivity index (χ3n) is 5.45. The number of nitrogens with zero attached hydrogens (tertiary/aromatic N) is 4. The van der Waals surface area contributed by atoms with Gasteiger partial charge in [0, 0.05) is 32.1 Å². The van der Waals surface area contributed by atoms with Gasteiger partial charge in [0.1, 0.15) is 5.82 Å². The Balaban J connectivity index is 1.99. The zero-order chi connectivity index (χ0) is 20.8. The quantitative estimate of drug-likeness (QED) is 0.782. The van der Waals surface area contributed by atoms with Crippen LogP contribution in [0.25, 0.3) is 0 Å². The van der Waals surface area contributed by atoms with E-state index in [4.69, 9.17) is 0 Å². The number of aromatic nitrogens is 3. The summed E-state index contributed by atoms with van der Waals surface area (Å²) in [4.78, 5) is 12.8. The van der Waals surface area contributed by atoms with E-state index in [2.05, 4.69) is 5.10 Å². The summed E-state index contributed by atoms with van der Waals surface area (Å²) >= 11 is 0. The van der Waals surface area contributed by atoms with Crippen molar-refractivity contribution >= 4 is 10.0 Å². The summed E-state index contributed by atoms with van der Waals surface area (Å²) in [6.07, 6.45) is 1.57. The van der Waals surface area contributed by atoms with Gasteiger partial charge < -0.3 is 0 Å². The van der Waals surface area contributed by atoms with E-state index in [1.165, 1.54) is 4.68 Å². The third-order valence-corrected chi connectivity index (χ3v) is 7.62. The van der Waals surface area contributed by atoms with E-state index in [1.807, 2.05) is 46.8 Å². The van der Waals surface area contributed by atoms with Crippen LogP contribution in [-0.2, 0) is 17.1 Å². The summed E-state index contributed by atoms with van der Waals surface area (Å²) in [5.74, 6) is 0.589. The van der Waals surface area contributed by atoms with Crippen molar-refractivity contribution in [2.24, 2.45) is 7.05 Å². The molecule has 1 saturated heterocycles. The predicted octanol–water partition coefficient (Wildman–Crippen LogP) is 2.66. The number of hydrogen-bond acceptors (Lipinski definition) is 4. The number of hydrogen-bond donors (Lipinski definition) is 0. The van der Waals surface area contributed by atoms with Crippen molar-refractivity contribution in [3.8, 4) is 0 Å². The van der Waals surface area contributed by atoms with Crippen LogP contribution in [0.15, 0.2) is 21.8 Å². The lowest BCUT2D eigenvalue weighted by molar-refractivity contribution is 0.301. The van der Waals surface area contributed by atoms with Crippen LogP contribution in [0.2, 0.25) is 0 Å². The molecule has 0 aliphatic carbocycles. The van der Waals surface area contributed by atoms with Gasteiger partial charge in [0.2, 0.25) is 10.0 Å². The molecule has 1 aliphatic heterocycles. The average Bonchev–Trinajstić information content (AvgIpc) is 2.89. The van der Waals surface area contributed by atoms with Crippen molar-refractivity contribution in [1.82, 2.24) is 18.7 Å². The Kier molecular flexibility index (Phi) is 5.55. The van der Waals surface area contributed by atoms with E-state index in [1.54, 1.807) is 15.9 Å². The molecule has 2 aromatic rings. The van der Waals surface area contributed by atoms with E-state index >= 15 is 0 Å². The summed E-state index contributed by atoms with van der Waals surface area (Å²) in [7, 11) is -1.97. The fraction of sp³-hybridized carbons (Fsp3) is 0.600. The van der Waals surface area contributed by atoms with Crippen molar-refractivity contribution in [3.05, 3.63) is 45.1 Å². The maximum Gasteiger partial charge on any atom is 0.345 e. The summed E-state index contributed by atoms with van der Waals surface area (Å²) in [6.45, 7) is 10.4. The molecule has 0 radical (unpaired) electrons. The fourth-order valence-electron chi connectivity index (χ4n) is 4.34. The number of sulfonamides is 1. The molecule has 2 heterocycles. The molecule has 0 bridgehead atoms. The van der Waals surface area contributed by atoms with Crippen LogP contribution in [0.1, 0.15) is 61.2 Å². The lowest BCUT2D eigenvalue weighted by atomic mass is 9.98. The third kappa shape index (κ3) is 3.55. The Morgan fingerprint density at radius 1 is 1.14 bits per heavy atom. The van der Waals surface area contributed by atoms with Crippen molar-refractivity contribution in [3.63, 3.8) is 0 Å². The topological polar surface area (TPSA) is 77.2 Å². The van der Waals surface area contributed by atoms with Crippen LogP contribution in [0.5, 0.6) is 0 Å². The molecule has 0 spiro atoms. The SMILES string of the molecule is Cc1cc(C)c(S(=O)(=O)N2CCCC(c3nn(C)c(=O)n3C(C)C)C2)c(C)c1. The second-order valence-electron chi connectivity index (χ2n) is 8.16. The molecule has 1 aromatic heterocycles. The van der Waals surface area contributed by atoms with Gasteiger partial charge >= 0.3 is 5.69 Å². The van der Waals surface area contributed by atoms with Gasteiger partial charge in [-0.2, -0.15) is 9.40 Å². The molecule has 154 valence electrons. The van der Waals surface area contributed by atoms with Crippen LogP contribution in [0.4, 0.5) is 0 Å². The highest BCUT2D eigenvalue weighted by Gasteiger charge is 2.35. The van der Waals surface area contributed by atoms with Crippen molar-refractivity contribution < 1.29 is 8.42 Å². The number of piperidine rings is 1. The van der Waals surface area contributed by atoms with Crippen LogP contribution >= 0.6 is 0 Å². The van der Waals surface area contributed by atoms with Crippen molar-refractivity contribution in [2.75, 3.05) is 13.1 Å². The maximum absolute atomic E-state index is 13.4. The van der Waals surface area contributed by atoms with E-state index in [-0.39, 0.29) is 17.6 Å². The largest absolute Gasteiger partial charge is 0.345 e. The number of benzene rings is 1. The maximum atomic E-state index is 13.4.